The lowest BCUT2D eigenvalue weighted by molar-refractivity contribution is -0.125. The second-order valence-corrected chi connectivity index (χ2v) is 6.37. The lowest BCUT2D eigenvalue weighted by Gasteiger charge is -2.34. The molecule has 6 heteroatoms. The summed E-state index contributed by atoms with van der Waals surface area (Å²) in [5.74, 6) is -1.39. The van der Waals surface area contributed by atoms with Gasteiger partial charge in [-0.2, -0.15) is 0 Å². The van der Waals surface area contributed by atoms with Crippen molar-refractivity contribution in [2.45, 2.75) is 44.1 Å². The maximum Gasteiger partial charge on any atom is 0.223 e. The van der Waals surface area contributed by atoms with Crippen molar-refractivity contribution in [3.05, 3.63) is 35.4 Å². The molecule has 1 saturated carbocycles. The zero-order valence-corrected chi connectivity index (χ0v) is 13.8. The summed E-state index contributed by atoms with van der Waals surface area (Å²) in [5.41, 5.74) is 0.761. The van der Waals surface area contributed by atoms with Crippen LogP contribution in [0.5, 0.6) is 0 Å². The second kappa shape index (κ2) is 8.06. The van der Waals surface area contributed by atoms with E-state index in [1.165, 1.54) is 12.1 Å². The highest BCUT2D eigenvalue weighted by Gasteiger charge is 2.31. The highest BCUT2D eigenvalue weighted by molar-refractivity contribution is 5.85. The third kappa shape index (κ3) is 4.21. The quantitative estimate of drug-likeness (QED) is 0.884. The van der Waals surface area contributed by atoms with Gasteiger partial charge in [-0.3, -0.25) is 4.79 Å². The summed E-state index contributed by atoms with van der Waals surface area (Å²) >= 11 is 0. The maximum absolute atomic E-state index is 13.5. The van der Waals surface area contributed by atoms with E-state index in [2.05, 4.69) is 10.6 Å². The van der Waals surface area contributed by atoms with Crippen LogP contribution in [0.1, 0.15) is 43.6 Å². The van der Waals surface area contributed by atoms with Gasteiger partial charge >= 0.3 is 0 Å². The first-order valence-corrected chi connectivity index (χ1v) is 8.11. The van der Waals surface area contributed by atoms with E-state index >= 15 is 0 Å². The number of benzene rings is 1. The Balaban J connectivity index is 0.00000192. The van der Waals surface area contributed by atoms with E-state index in [9.17, 15) is 13.6 Å². The van der Waals surface area contributed by atoms with E-state index < -0.39 is 11.6 Å². The Hall–Kier alpha value is -1.20. The molecular weight excluding hydrogens is 322 g/mol. The summed E-state index contributed by atoms with van der Waals surface area (Å²) in [6.45, 7) is 1.49. The zero-order chi connectivity index (χ0) is 15.5. The number of carbonyl (C=O) groups is 1. The molecule has 2 unspecified atom stereocenters. The van der Waals surface area contributed by atoms with Crippen LogP contribution in [0.25, 0.3) is 0 Å². The molecule has 128 valence electrons. The number of nitrogens with one attached hydrogen (secondary N) is 2. The molecule has 2 N–H and O–H groups in total. The Kier molecular flexibility index (Phi) is 6.36. The number of carbonyl (C=O) groups excluding carboxylic acids is 1. The number of amides is 1. The topological polar surface area (TPSA) is 41.1 Å². The van der Waals surface area contributed by atoms with Crippen LogP contribution >= 0.6 is 12.4 Å². The van der Waals surface area contributed by atoms with Crippen molar-refractivity contribution in [3.8, 4) is 0 Å². The third-order valence-corrected chi connectivity index (χ3v) is 4.91. The molecule has 0 bridgehead atoms. The predicted octanol–water partition coefficient (Wildman–Crippen LogP) is 3.14. The fourth-order valence-corrected chi connectivity index (χ4v) is 3.64. The van der Waals surface area contributed by atoms with Gasteiger partial charge in [0.1, 0.15) is 0 Å². The summed E-state index contributed by atoms with van der Waals surface area (Å²) in [5, 5.41) is 6.40. The van der Waals surface area contributed by atoms with Gasteiger partial charge in [0.15, 0.2) is 11.6 Å². The average Bonchev–Trinajstić information content (AvgIpc) is 3.05. The Labute approximate surface area is 141 Å². The average molecular weight is 345 g/mol. The van der Waals surface area contributed by atoms with E-state index in [4.69, 9.17) is 0 Å². The summed E-state index contributed by atoms with van der Waals surface area (Å²) in [6.07, 6.45) is 4.96. The molecule has 2 aliphatic rings. The third-order valence-electron chi connectivity index (χ3n) is 4.91. The van der Waals surface area contributed by atoms with E-state index in [1.54, 1.807) is 6.07 Å². The number of hydrogen-bond donors (Lipinski definition) is 2. The minimum atomic E-state index is -0.829. The van der Waals surface area contributed by atoms with Crippen LogP contribution in [0, 0.1) is 17.6 Å². The zero-order valence-electron chi connectivity index (χ0n) is 13.0. The Bertz CT molecular complexity index is 549. The molecule has 1 aromatic carbocycles. The molecule has 2 atom stereocenters. The SMILES string of the molecule is Cl.O=C(NC1CNCCC1c1ccc(F)c(F)c1)C1CCCC1. The van der Waals surface area contributed by atoms with Crippen LogP contribution in [0.3, 0.4) is 0 Å². The summed E-state index contributed by atoms with van der Waals surface area (Å²) in [7, 11) is 0. The van der Waals surface area contributed by atoms with Gasteiger partial charge in [-0.15, -0.1) is 12.4 Å². The number of piperidine rings is 1. The molecule has 0 aromatic heterocycles. The molecule has 23 heavy (non-hydrogen) atoms. The van der Waals surface area contributed by atoms with Gasteiger partial charge in [-0.25, -0.2) is 8.78 Å². The normalized spacial score (nSPS) is 25.0. The molecule has 1 saturated heterocycles. The largest absolute Gasteiger partial charge is 0.351 e. The minimum Gasteiger partial charge on any atom is -0.351 e. The lowest BCUT2D eigenvalue weighted by atomic mass is 9.85. The van der Waals surface area contributed by atoms with E-state index in [-0.39, 0.29) is 36.2 Å². The van der Waals surface area contributed by atoms with Crippen molar-refractivity contribution in [1.82, 2.24) is 10.6 Å². The molecule has 0 radical (unpaired) electrons. The van der Waals surface area contributed by atoms with Crippen molar-refractivity contribution in [2.75, 3.05) is 13.1 Å². The summed E-state index contributed by atoms with van der Waals surface area (Å²) in [6, 6.07) is 4.00. The van der Waals surface area contributed by atoms with Gasteiger partial charge in [-0.1, -0.05) is 18.9 Å². The van der Waals surface area contributed by atoms with Gasteiger partial charge in [0.25, 0.3) is 0 Å². The van der Waals surface area contributed by atoms with Gasteiger partial charge < -0.3 is 10.6 Å². The van der Waals surface area contributed by atoms with Crippen molar-refractivity contribution >= 4 is 18.3 Å². The molecule has 1 heterocycles. The van der Waals surface area contributed by atoms with E-state index in [0.29, 0.717) is 6.54 Å². The first-order valence-electron chi connectivity index (χ1n) is 8.11. The fourth-order valence-electron chi connectivity index (χ4n) is 3.64. The summed E-state index contributed by atoms with van der Waals surface area (Å²) in [4.78, 5) is 12.3. The van der Waals surface area contributed by atoms with Crippen LogP contribution in [0.15, 0.2) is 18.2 Å². The Morgan fingerprint density at radius 2 is 1.87 bits per heavy atom. The molecule has 1 amide bonds. The van der Waals surface area contributed by atoms with Crippen LogP contribution < -0.4 is 10.6 Å². The first kappa shape index (κ1) is 18.1. The standard InChI is InChI=1S/C17H22F2N2O.ClH/c18-14-6-5-12(9-15(14)19)13-7-8-20-10-16(13)21-17(22)11-3-1-2-4-11;/h5-6,9,11,13,16,20H,1-4,7-8,10H2,(H,21,22);1H. The van der Waals surface area contributed by atoms with Crippen molar-refractivity contribution < 1.29 is 13.6 Å². The number of rotatable bonds is 3. The van der Waals surface area contributed by atoms with E-state index in [1.807, 2.05) is 0 Å². The predicted molar refractivity (Wildman–Crippen MR) is 87.7 cm³/mol. The molecule has 1 aliphatic heterocycles. The number of halogens is 3. The monoisotopic (exact) mass is 344 g/mol. The molecular formula is C17H23ClF2N2O. The van der Waals surface area contributed by atoms with Gasteiger partial charge in [0.2, 0.25) is 5.91 Å². The Morgan fingerprint density at radius 1 is 1.13 bits per heavy atom. The molecule has 1 aliphatic carbocycles. The molecule has 2 fully saturated rings. The van der Waals surface area contributed by atoms with Crippen LogP contribution in [0.2, 0.25) is 0 Å². The lowest BCUT2D eigenvalue weighted by Crippen LogP contribution is -2.51. The second-order valence-electron chi connectivity index (χ2n) is 6.37. The van der Waals surface area contributed by atoms with Crippen molar-refractivity contribution in [2.24, 2.45) is 5.92 Å². The first-order chi connectivity index (χ1) is 10.6. The molecule has 3 nitrogen and oxygen atoms in total. The van der Waals surface area contributed by atoms with Crippen molar-refractivity contribution in [3.63, 3.8) is 0 Å². The summed E-state index contributed by atoms with van der Waals surface area (Å²) < 4.78 is 26.6. The number of hydrogen-bond acceptors (Lipinski definition) is 2. The molecule has 0 spiro atoms. The van der Waals surface area contributed by atoms with Gasteiger partial charge in [0.05, 0.1) is 0 Å². The highest BCUT2D eigenvalue weighted by Crippen LogP contribution is 2.29. The molecule has 3 rings (SSSR count). The highest BCUT2D eigenvalue weighted by atomic mass is 35.5. The minimum absolute atomic E-state index is 0. The van der Waals surface area contributed by atoms with Gasteiger partial charge in [0, 0.05) is 24.4 Å². The molecule has 1 aromatic rings. The Morgan fingerprint density at radius 3 is 2.57 bits per heavy atom. The van der Waals surface area contributed by atoms with Gasteiger partial charge in [-0.05, 0) is 43.5 Å². The van der Waals surface area contributed by atoms with Crippen LogP contribution in [0.4, 0.5) is 8.78 Å². The van der Waals surface area contributed by atoms with E-state index in [0.717, 1.165) is 44.2 Å². The van der Waals surface area contributed by atoms with Crippen LogP contribution in [-0.2, 0) is 4.79 Å². The smallest absolute Gasteiger partial charge is 0.223 e. The van der Waals surface area contributed by atoms with Crippen molar-refractivity contribution in [1.29, 1.82) is 0 Å². The maximum atomic E-state index is 13.5. The fraction of sp³-hybridized carbons (Fsp3) is 0.588. The van der Waals surface area contributed by atoms with Crippen LogP contribution in [-0.4, -0.2) is 25.0 Å².